The van der Waals surface area contributed by atoms with E-state index in [1.165, 1.54) is 18.5 Å². The zero-order chi connectivity index (χ0) is 11.1. The van der Waals surface area contributed by atoms with E-state index in [-0.39, 0.29) is 0 Å². The third-order valence-corrected chi connectivity index (χ3v) is 3.89. The van der Waals surface area contributed by atoms with Crippen molar-refractivity contribution in [3.05, 3.63) is 39.5 Å². The lowest BCUT2D eigenvalue weighted by molar-refractivity contribution is 0.963. The number of halogens is 2. The van der Waals surface area contributed by atoms with Gasteiger partial charge in [-0.1, -0.05) is 23.7 Å². The van der Waals surface area contributed by atoms with E-state index >= 15 is 0 Å². The molecular weight excluding hydrogens is 288 g/mol. The fraction of sp³-hybridized carbons (Fsp3) is 0.250. The van der Waals surface area contributed by atoms with Gasteiger partial charge < -0.3 is 0 Å². The minimum absolute atomic E-state index is 0.669. The Bertz CT molecular complexity index is 514. The van der Waals surface area contributed by atoms with Crippen LogP contribution >= 0.6 is 27.5 Å². The fourth-order valence-electron chi connectivity index (χ4n) is 1.78. The van der Waals surface area contributed by atoms with E-state index in [9.17, 15) is 0 Å². The normalized spacial score (nSPS) is 15.4. The Kier molecular flexibility index (Phi) is 2.52. The third kappa shape index (κ3) is 1.78. The minimum atomic E-state index is 0.669. The molecule has 3 rings (SSSR count). The van der Waals surface area contributed by atoms with Crippen LogP contribution in [0.4, 0.5) is 0 Å². The van der Waals surface area contributed by atoms with Gasteiger partial charge in [0.05, 0.1) is 10.2 Å². The number of hydrogen-bond acceptors (Lipinski definition) is 1. The highest BCUT2D eigenvalue weighted by Crippen LogP contribution is 2.44. The highest BCUT2D eigenvalue weighted by Gasteiger charge is 2.29. The van der Waals surface area contributed by atoms with Gasteiger partial charge in [0.25, 0.3) is 0 Å². The Hall–Kier alpha value is -0.800. The summed E-state index contributed by atoms with van der Waals surface area (Å²) in [6.07, 6.45) is 2.53. The van der Waals surface area contributed by atoms with Crippen molar-refractivity contribution in [3.8, 4) is 11.3 Å². The van der Waals surface area contributed by atoms with E-state index in [1.54, 1.807) is 0 Å². The number of rotatable bonds is 2. The van der Waals surface area contributed by atoms with E-state index < -0.39 is 0 Å². The van der Waals surface area contributed by atoms with Gasteiger partial charge in [-0.05, 0) is 40.9 Å². The summed E-state index contributed by atoms with van der Waals surface area (Å²) in [6, 6.07) is 7.74. The maximum absolute atomic E-state index is 5.86. The summed E-state index contributed by atoms with van der Waals surface area (Å²) in [5, 5.41) is 8.23. The van der Waals surface area contributed by atoms with E-state index in [4.69, 9.17) is 11.6 Å². The average Bonchev–Trinajstić information content (AvgIpc) is 3.05. The molecule has 1 heterocycles. The zero-order valence-corrected chi connectivity index (χ0v) is 10.8. The molecular formula is C12H10BrClN2. The molecule has 0 radical (unpaired) electrons. The van der Waals surface area contributed by atoms with Crippen LogP contribution in [-0.2, 0) is 0 Å². The van der Waals surface area contributed by atoms with Crippen molar-refractivity contribution in [2.45, 2.75) is 18.8 Å². The molecule has 82 valence electrons. The van der Waals surface area contributed by atoms with E-state index in [2.05, 4.69) is 26.1 Å². The first-order valence-electron chi connectivity index (χ1n) is 5.25. The van der Waals surface area contributed by atoms with Crippen molar-refractivity contribution in [1.82, 2.24) is 10.2 Å². The molecule has 0 saturated heterocycles. The summed E-state index contributed by atoms with van der Waals surface area (Å²) < 4.78 is 1.09. The molecule has 2 nitrogen and oxygen atoms in total. The van der Waals surface area contributed by atoms with Crippen LogP contribution in [0.25, 0.3) is 11.3 Å². The number of hydrogen-bond donors (Lipinski definition) is 1. The van der Waals surface area contributed by atoms with Crippen molar-refractivity contribution in [2.75, 3.05) is 0 Å². The predicted octanol–water partition coefficient (Wildman–Crippen LogP) is 4.37. The third-order valence-electron chi connectivity index (χ3n) is 2.84. The molecule has 1 aliphatic rings. The SMILES string of the molecule is Clc1ccc(-c2n[nH]c(C3CC3)c2Br)cc1. The molecule has 1 saturated carbocycles. The molecule has 0 bridgehead atoms. The average molecular weight is 298 g/mol. The van der Waals surface area contributed by atoms with Crippen LogP contribution in [0, 0.1) is 0 Å². The monoisotopic (exact) mass is 296 g/mol. The summed E-state index contributed by atoms with van der Waals surface area (Å²) in [5.41, 5.74) is 3.28. The summed E-state index contributed by atoms with van der Waals surface area (Å²) in [5.74, 6) is 0.669. The first-order valence-corrected chi connectivity index (χ1v) is 6.42. The van der Waals surface area contributed by atoms with E-state index in [0.717, 1.165) is 20.8 Å². The summed E-state index contributed by atoms with van der Waals surface area (Å²) >= 11 is 9.48. The molecule has 0 unspecified atom stereocenters. The molecule has 16 heavy (non-hydrogen) atoms. The van der Waals surface area contributed by atoms with Crippen LogP contribution < -0.4 is 0 Å². The Morgan fingerprint density at radius 2 is 1.94 bits per heavy atom. The van der Waals surface area contributed by atoms with Crippen LogP contribution in [0.2, 0.25) is 5.02 Å². The van der Waals surface area contributed by atoms with Gasteiger partial charge in [0.15, 0.2) is 0 Å². The minimum Gasteiger partial charge on any atom is -0.280 e. The van der Waals surface area contributed by atoms with Crippen molar-refractivity contribution >= 4 is 27.5 Å². The molecule has 1 N–H and O–H groups in total. The van der Waals surface area contributed by atoms with Gasteiger partial charge in [-0.2, -0.15) is 5.10 Å². The Morgan fingerprint density at radius 1 is 1.25 bits per heavy atom. The molecule has 0 atom stereocenters. The first-order chi connectivity index (χ1) is 7.75. The number of benzene rings is 1. The lowest BCUT2D eigenvalue weighted by Gasteiger charge is -1.98. The standard InChI is InChI=1S/C12H10BrClN2/c13-10-11(7-1-2-7)15-16-12(10)8-3-5-9(14)6-4-8/h3-7H,1-2H2,(H,15,16). The Morgan fingerprint density at radius 3 is 2.56 bits per heavy atom. The largest absolute Gasteiger partial charge is 0.280 e. The number of nitrogens with zero attached hydrogens (tertiary/aromatic N) is 1. The molecule has 1 fully saturated rings. The maximum atomic E-state index is 5.86. The van der Waals surface area contributed by atoms with Crippen molar-refractivity contribution in [2.24, 2.45) is 0 Å². The van der Waals surface area contributed by atoms with Gasteiger partial charge in [0, 0.05) is 16.5 Å². The second-order valence-corrected chi connectivity index (χ2v) is 5.31. The molecule has 0 aliphatic heterocycles. The quantitative estimate of drug-likeness (QED) is 0.876. The number of aromatic nitrogens is 2. The van der Waals surface area contributed by atoms with Gasteiger partial charge in [-0.25, -0.2) is 0 Å². The highest BCUT2D eigenvalue weighted by molar-refractivity contribution is 9.10. The highest BCUT2D eigenvalue weighted by atomic mass is 79.9. The summed E-state index contributed by atoms with van der Waals surface area (Å²) in [4.78, 5) is 0. The van der Waals surface area contributed by atoms with Crippen LogP contribution in [0.1, 0.15) is 24.5 Å². The van der Waals surface area contributed by atoms with Crippen LogP contribution in [0.15, 0.2) is 28.7 Å². The van der Waals surface area contributed by atoms with E-state index in [1.807, 2.05) is 24.3 Å². The summed E-state index contributed by atoms with van der Waals surface area (Å²) in [6.45, 7) is 0. The topological polar surface area (TPSA) is 28.7 Å². The van der Waals surface area contributed by atoms with Crippen molar-refractivity contribution in [3.63, 3.8) is 0 Å². The maximum Gasteiger partial charge on any atom is 0.107 e. The first kappa shape index (κ1) is 10.4. The number of aromatic amines is 1. The Balaban J connectivity index is 2.02. The lowest BCUT2D eigenvalue weighted by Crippen LogP contribution is -1.79. The molecule has 1 aromatic carbocycles. The smallest absolute Gasteiger partial charge is 0.107 e. The molecule has 1 aromatic heterocycles. The van der Waals surface area contributed by atoms with Gasteiger partial charge >= 0.3 is 0 Å². The van der Waals surface area contributed by atoms with Gasteiger partial charge in [-0.15, -0.1) is 0 Å². The zero-order valence-electron chi connectivity index (χ0n) is 8.50. The fourth-order valence-corrected chi connectivity index (χ4v) is 2.64. The number of H-pyrrole nitrogens is 1. The van der Waals surface area contributed by atoms with Crippen LogP contribution in [0.5, 0.6) is 0 Å². The molecule has 4 heteroatoms. The second kappa shape index (κ2) is 3.90. The number of nitrogens with one attached hydrogen (secondary N) is 1. The van der Waals surface area contributed by atoms with E-state index in [0.29, 0.717) is 5.92 Å². The van der Waals surface area contributed by atoms with Gasteiger partial charge in [0.2, 0.25) is 0 Å². The summed E-state index contributed by atoms with van der Waals surface area (Å²) in [7, 11) is 0. The van der Waals surface area contributed by atoms with Crippen LogP contribution in [0.3, 0.4) is 0 Å². The van der Waals surface area contributed by atoms with Gasteiger partial charge in [0.1, 0.15) is 5.69 Å². The second-order valence-electron chi connectivity index (χ2n) is 4.08. The molecule has 1 aliphatic carbocycles. The molecule has 0 spiro atoms. The van der Waals surface area contributed by atoms with Gasteiger partial charge in [-0.3, -0.25) is 5.10 Å². The molecule has 2 aromatic rings. The predicted molar refractivity (Wildman–Crippen MR) is 68.7 cm³/mol. The van der Waals surface area contributed by atoms with Crippen molar-refractivity contribution < 1.29 is 0 Å². The van der Waals surface area contributed by atoms with Crippen LogP contribution in [-0.4, -0.2) is 10.2 Å². The lowest BCUT2D eigenvalue weighted by atomic mass is 10.1. The Labute approximate surface area is 107 Å². The molecule has 0 amide bonds. The van der Waals surface area contributed by atoms with Crippen molar-refractivity contribution in [1.29, 1.82) is 0 Å².